The standard InChI is InChI=1S/C18H20N2O/c1-14-6-7-18-15(12-14)8-10-20(18)9-3-11-21-17-5-2-4-16(19)13-17/h2,4-8,10,12-13H,3,9,11,19H2,1H3. The minimum Gasteiger partial charge on any atom is -0.493 e. The van der Waals surface area contributed by atoms with Crippen LogP contribution in [0.3, 0.4) is 0 Å². The minimum absolute atomic E-state index is 0.689. The molecule has 0 fully saturated rings. The number of hydrogen-bond donors (Lipinski definition) is 1. The lowest BCUT2D eigenvalue weighted by atomic mass is 10.2. The van der Waals surface area contributed by atoms with Gasteiger partial charge in [-0.15, -0.1) is 0 Å². The first-order chi connectivity index (χ1) is 10.2. The average molecular weight is 280 g/mol. The Bertz CT molecular complexity index is 746. The highest BCUT2D eigenvalue weighted by Gasteiger charge is 2.01. The Morgan fingerprint density at radius 1 is 1.10 bits per heavy atom. The maximum Gasteiger partial charge on any atom is 0.121 e. The molecule has 1 heterocycles. The van der Waals surface area contributed by atoms with Gasteiger partial charge in [-0.2, -0.15) is 0 Å². The lowest BCUT2D eigenvalue weighted by Gasteiger charge is -2.08. The van der Waals surface area contributed by atoms with Crippen molar-refractivity contribution in [3.05, 3.63) is 60.3 Å². The van der Waals surface area contributed by atoms with Crippen LogP contribution in [0.5, 0.6) is 5.75 Å². The molecule has 0 amide bonds. The van der Waals surface area contributed by atoms with Crippen LogP contribution in [0, 0.1) is 6.92 Å². The summed E-state index contributed by atoms with van der Waals surface area (Å²) >= 11 is 0. The van der Waals surface area contributed by atoms with Crippen molar-refractivity contribution in [1.29, 1.82) is 0 Å². The van der Waals surface area contributed by atoms with Gasteiger partial charge in [-0.1, -0.05) is 17.7 Å². The Hall–Kier alpha value is -2.42. The lowest BCUT2D eigenvalue weighted by molar-refractivity contribution is 0.303. The molecule has 0 atom stereocenters. The van der Waals surface area contributed by atoms with E-state index in [-0.39, 0.29) is 0 Å². The van der Waals surface area contributed by atoms with Crippen LogP contribution >= 0.6 is 0 Å². The van der Waals surface area contributed by atoms with E-state index < -0.39 is 0 Å². The van der Waals surface area contributed by atoms with Gasteiger partial charge >= 0.3 is 0 Å². The topological polar surface area (TPSA) is 40.2 Å². The summed E-state index contributed by atoms with van der Waals surface area (Å²) in [5.41, 5.74) is 9.04. The summed E-state index contributed by atoms with van der Waals surface area (Å²) in [7, 11) is 0. The van der Waals surface area contributed by atoms with Crippen LogP contribution in [-0.2, 0) is 6.54 Å². The number of nitrogens with zero attached hydrogens (tertiary/aromatic N) is 1. The largest absolute Gasteiger partial charge is 0.493 e. The van der Waals surface area contributed by atoms with Gasteiger partial charge in [-0.3, -0.25) is 0 Å². The lowest BCUT2D eigenvalue weighted by Crippen LogP contribution is -2.03. The highest BCUT2D eigenvalue weighted by Crippen LogP contribution is 2.18. The Morgan fingerprint density at radius 3 is 2.86 bits per heavy atom. The van der Waals surface area contributed by atoms with Crippen LogP contribution in [-0.4, -0.2) is 11.2 Å². The summed E-state index contributed by atoms with van der Waals surface area (Å²) in [6.45, 7) is 3.76. The zero-order chi connectivity index (χ0) is 14.7. The third-order valence-electron chi connectivity index (χ3n) is 3.60. The Morgan fingerprint density at radius 2 is 2.00 bits per heavy atom. The van der Waals surface area contributed by atoms with E-state index in [0.29, 0.717) is 6.61 Å². The second-order valence-electron chi connectivity index (χ2n) is 5.35. The SMILES string of the molecule is Cc1ccc2c(ccn2CCCOc2cccc(N)c2)c1. The smallest absolute Gasteiger partial charge is 0.121 e. The van der Waals surface area contributed by atoms with Gasteiger partial charge in [-0.25, -0.2) is 0 Å². The van der Waals surface area contributed by atoms with Crippen molar-refractivity contribution >= 4 is 16.6 Å². The van der Waals surface area contributed by atoms with E-state index in [0.717, 1.165) is 24.4 Å². The number of anilines is 1. The molecule has 2 N–H and O–H groups in total. The van der Waals surface area contributed by atoms with Gasteiger partial charge < -0.3 is 15.0 Å². The molecule has 0 aliphatic rings. The fourth-order valence-electron chi connectivity index (χ4n) is 2.54. The van der Waals surface area contributed by atoms with Gasteiger partial charge in [0.25, 0.3) is 0 Å². The van der Waals surface area contributed by atoms with Crippen molar-refractivity contribution in [1.82, 2.24) is 4.57 Å². The molecule has 0 saturated heterocycles. The number of nitrogens with two attached hydrogens (primary N) is 1. The second-order valence-corrected chi connectivity index (χ2v) is 5.35. The normalized spacial score (nSPS) is 10.9. The summed E-state index contributed by atoms with van der Waals surface area (Å²) in [5.74, 6) is 0.836. The number of fused-ring (bicyclic) bond motifs is 1. The first kappa shape index (κ1) is 13.6. The Labute approximate surface area is 125 Å². The molecule has 0 aliphatic heterocycles. The van der Waals surface area contributed by atoms with Gasteiger partial charge in [0.15, 0.2) is 0 Å². The maximum atomic E-state index is 5.73. The van der Waals surface area contributed by atoms with E-state index >= 15 is 0 Å². The predicted octanol–water partition coefficient (Wildman–Crippen LogP) is 4.00. The predicted molar refractivity (Wildman–Crippen MR) is 87.6 cm³/mol. The van der Waals surface area contributed by atoms with Gasteiger partial charge in [-0.05, 0) is 49.1 Å². The molecular weight excluding hydrogens is 260 g/mol. The third-order valence-corrected chi connectivity index (χ3v) is 3.60. The van der Waals surface area contributed by atoms with E-state index in [1.807, 2.05) is 24.3 Å². The summed E-state index contributed by atoms with van der Waals surface area (Å²) in [4.78, 5) is 0. The zero-order valence-corrected chi connectivity index (χ0v) is 12.3. The average Bonchev–Trinajstić information content (AvgIpc) is 2.86. The van der Waals surface area contributed by atoms with Crippen LogP contribution in [0.1, 0.15) is 12.0 Å². The highest BCUT2D eigenvalue weighted by molar-refractivity contribution is 5.80. The van der Waals surface area contributed by atoms with Crippen molar-refractivity contribution in [2.24, 2.45) is 0 Å². The molecule has 21 heavy (non-hydrogen) atoms. The van der Waals surface area contributed by atoms with Crippen LogP contribution < -0.4 is 10.5 Å². The van der Waals surface area contributed by atoms with Gasteiger partial charge in [0, 0.05) is 30.0 Å². The van der Waals surface area contributed by atoms with Gasteiger partial charge in [0.05, 0.1) is 6.61 Å². The molecule has 3 aromatic rings. The molecule has 0 spiro atoms. The monoisotopic (exact) mass is 280 g/mol. The fraction of sp³-hybridized carbons (Fsp3) is 0.222. The summed E-state index contributed by atoms with van der Waals surface area (Å²) in [5, 5.41) is 1.30. The maximum absolute atomic E-state index is 5.73. The van der Waals surface area contributed by atoms with Gasteiger partial charge in [0.2, 0.25) is 0 Å². The Balaban J connectivity index is 1.57. The quantitative estimate of drug-likeness (QED) is 0.567. The summed E-state index contributed by atoms with van der Waals surface area (Å²) < 4.78 is 8.00. The molecule has 0 radical (unpaired) electrons. The van der Waals surface area contributed by atoms with Crippen molar-refractivity contribution in [2.45, 2.75) is 19.9 Å². The number of aryl methyl sites for hydroxylation is 2. The van der Waals surface area contributed by atoms with Crippen molar-refractivity contribution in [2.75, 3.05) is 12.3 Å². The van der Waals surface area contributed by atoms with E-state index in [9.17, 15) is 0 Å². The van der Waals surface area contributed by atoms with Crippen LogP contribution in [0.15, 0.2) is 54.7 Å². The molecule has 3 nitrogen and oxygen atoms in total. The molecule has 0 unspecified atom stereocenters. The summed E-state index contributed by atoms with van der Waals surface area (Å²) in [6.07, 6.45) is 3.11. The fourth-order valence-corrected chi connectivity index (χ4v) is 2.54. The molecule has 0 saturated carbocycles. The Kier molecular flexibility index (Phi) is 3.82. The number of hydrogen-bond acceptors (Lipinski definition) is 2. The molecule has 0 aliphatic carbocycles. The molecule has 108 valence electrons. The number of nitrogen functional groups attached to an aromatic ring is 1. The first-order valence-electron chi connectivity index (χ1n) is 7.26. The molecule has 2 aromatic carbocycles. The number of benzene rings is 2. The number of ether oxygens (including phenoxy) is 1. The molecular formula is C18H20N2O. The highest BCUT2D eigenvalue weighted by atomic mass is 16.5. The summed E-state index contributed by atoms with van der Waals surface area (Å²) in [6, 6.07) is 16.3. The zero-order valence-electron chi connectivity index (χ0n) is 12.3. The molecule has 0 bridgehead atoms. The van der Waals surface area contributed by atoms with Gasteiger partial charge in [0.1, 0.15) is 5.75 Å². The van der Waals surface area contributed by atoms with Crippen LogP contribution in [0.2, 0.25) is 0 Å². The minimum atomic E-state index is 0.689. The van der Waals surface area contributed by atoms with Crippen LogP contribution in [0.25, 0.3) is 10.9 Å². The number of aromatic nitrogens is 1. The number of rotatable bonds is 5. The van der Waals surface area contributed by atoms with Crippen molar-refractivity contribution in [3.63, 3.8) is 0 Å². The van der Waals surface area contributed by atoms with E-state index in [2.05, 4.69) is 42.0 Å². The molecule has 3 heteroatoms. The second kappa shape index (κ2) is 5.92. The van der Waals surface area contributed by atoms with Crippen molar-refractivity contribution < 1.29 is 4.74 Å². The van der Waals surface area contributed by atoms with E-state index in [1.165, 1.54) is 16.5 Å². The molecule has 1 aromatic heterocycles. The molecule has 3 rings (SSSR count). The van der Waals surface area contributed by atoms with Crippen LogP contribution in [0.4, 0.5) is 5.69 Å². The first-order valence-corrected chi connectivity index (χ1v) is 7.26. The van der Waals surface area contributed by atoms with Crippen molar-refractivity contribution in [3.8, 4) is 5.75 Å². The van der Waals surface area contributed by atoms with E-state index in [1.54, 1.807) is 0 Å². The van der Waals surface area contributed by atoms with E-state index in [4.69, 9.17) is 10.5 Å². The third kappa shape index (κ3) is 3.19.